The maximum absolute atomic E-state index is 13.0. The molecule has 14 bridgehead atoms. The van der Waals surface area contributed by atoms with Gasteiger partial charge >= 0.3 is 0 Å². The Bertz CT molecular complexity index is 2660. The summed E-state index contributed by atoms with van der Waals surface area (Å²) in [6.45, 7) is -2.05. The van der Waals surface area contributed by atoms with Gasteiger partial charge in [0.15, 0.2) is 44.0 Å². The van der Waals surface area contributed by atoms with Gasteiger partial charge in [0.05, 0.1) is 58.8 Å². The Morgan fingerprint density at radius 3 is 0.423 bits per heavy atom. The van der Waals surface area contributed by atoms with E-state index in [-0.39, 0.29) is 33.0 Å². The second kappa shape index (κ2) is 41.3. The molecule has 21 rings (SSSR count). The molecule has 21 fully saturated rings. The third-order valence-corrected chi connectivity index (χ3v) is 20.7. The van der Waals surface area contributed by atoms with Crippen molar-refractivity contribution in [3.63, 3.8) is 0 Å². The van der Waals surface area contributed by atoms with Gasteiger partial charge in [-0.3, -0.25) is 8.37 Å². The van der Waals surface area contributed by atoms with E-state index in [1.807, 2.05) is 0 Å². The molecular formula is C63H112O39S2. The number of ether oxygens (including phenoxy) is 33. The number of hydrogen-bond donors (Lipinski definition) is 0. The van der Waals surface area contributed by atoms with Crippen molar-refractivity contribution in [2.45, 2.75) is 215 Å². The van der Waals surface area contributed by atoms with Crippen LogP contribution in [-0.4, -0.2) is 426 Å². The van der Waals surface area contributed by atoms with Crippen LogP contribution < -0.4 is 0 Å². The van der Waals surface area contributed by atoms with Gasteiger partial charge in [-0.05, 0) is 0 Å². The van der Waals surface area contributed by atoms with Crippen molar-refractivity contribution >= 4 is 20.2 Å². The highest BCUT2D eigenvalue weighted by molar-refractivity contribution is 7.86. The van der Waals surface area contributed by atoms with E-state index in [0.717, 1.165) is 12.5 Å². The molecule has 0 spiro atoms. The monoisotopic (exact) mass is 1560 g/mol. The summed E-state index contributed by atoms with van der Waals surface area (Å²) in [6, 6.07) is 0. The molecule has 0 unspecified atom stereocenters. The first-order chi connectivity index (χ1) is 50.0. The van der Waals surface area contributed by atoms with Crippen molar-refractivity contribution in [2.24, 2.45) is 0 Å². The van der Waals surface area contributed by atoms with E-state index >= 15 is 0 Å². The number of hydrogen-bond acceptors (Lipinski definition) is 39. The van der Waals surface area contributed by atoms with Crippen LogP contribution in [0.4, 0.5) is 0 Å². The maximum Gasteiger partial charge on any atom is 0.264 e. The van der Waals surface area contributed by atoms with Crippen molar-refractivity contribution in [1.29, 1.82) is 0 Å². The first kappa shape index (κ1) is 88.1. The van der Waals surface area contributed by atoms with E-state index < -0.39 is 248 Å². The van der Waals surface area contributed by atoms with Crippen LogP contribution in [0.1, 0.15) is 0 Å². The maximum atomic E-state index is 13.0. The molecule has 21 heterocycles. The largest absolute Gasteiger partial charge is 0.382 e. The van der Waals surface area contributed by atoms with Crippen LogP contribution in [-0.2, 0) is 185 Å². The molecule has 35 atom stereocenters. The zero-order chi connectivity index (χ0) is 75.9. The van der Waals surface area contributed by atoms with Crippen LogP contribution in [0.15, 0.2) is 0 Å². The van der Waals surface area contributed by atoms with E-state index in [2.05, 4.69) is 0 Å². The lowest BCUT2D eigenvalue weighted by atomic mass is 9.94. The molecule has 0 amide bonds. The highest BCUT2D eigenvalue weighted by Crippen LogP contribution is 2.43. The van der Waals surface area contributed by atoms with Crippen molar-refractivity contribution < 1.29 is 182 Å². The summed E-state index contributed by atoms with van der Waals surface area (Å²) < 4.78 is 275. The van der Waals surface area contributed by atoms with Crippen LogP contribution in [0.3, 0.4) is 0 Å². The summed E-state index contributed by atoms with van der Waals surface area (Å²) in [5.41, 5.74) is 0. The Morgan fingerprint density at radius 2 is 0.317 bits per heavy atom. The fourth-order valence-corrected chi connectivity index (χ4v) is 15.7. The minimum Gasteiger partial charge on any atom is -0.382 e. The first-order valence-electron chi connectivity index (χ1n) is 33.7. The van der Waals surface area contributed by atoms with E-state index in [4.69, 9.17) is 165 Å². The molecule has 21 aliphatic heterocycles. The standard InChI is InChI=1S/C63H112O39S2/c1-68-22-29-36-43(73-6)50(80-13)57(89-29)97-37-30(23-69-2)92-60(53(83-16)44(37)74-7)101-41-34(27-87-103(20,64)65)95-63(56(86-19)48(41)78-11)100-40-33(26-72-5)91-59(52(82-15)47(40)77-10)98-38-31(24-70-3)93-61(54(84-17)45(38)75-8)102-42-35(28-88-104(21,66)67)94-62(55(85-18)49(42)79-12)99-39-32(25-71-4)90-58(96-36)51(81-14)46(39)76-9/h29-63H,22-28H2,1-21H3/t29-,30-,31-,32-,33-,34-,35-,36-,37-,38-,39-,40-,41-,42-,43+,44+,45+,46+,47-,48+,49+,50-,51-,52+,53-,54+,55-,56-,57-,58-,59-,60-,61-,62-,63-/m1/s1. The molecule has 0 aromatic heterocycles. The molecule has 0 saturated carbocycles. The van der Waals surface area contributed by atoms with E-state index in [9.17, 15) is 16.8 Å². The fourth-order valence-electron chi connectivity index (χ4n) is 14.9. The number of methoxy groups -OCH3 is 19. The minimum absolute atomic E-state index is 0.118. The Morgan fingerprint density at radius 1 is 0.192 bits per heavy atom. The van der Waals surface area contributed by atoms with Crippen LogP contribution in [0, 0.1) is 0 Å². The van der Waals surface area contributed by atoms with Gasteiger partial charge in [-0.1, -0.05) is 0 Å². The average Bonchev–Trinajstić information content (AvgIpc) is 0.765. The Labute approximate surface area is 608 Å². The molecule has 0 aliphatic carbocycles. The quantitative estimate of drug-likeness (QED) is 0.0654. The van der Waals surface area contributed by atoms with E-state index in [1.54, 1.807) is 0 Å². The zero-order valence-corrected chi connectivity index (χ0v) is 64.5. The molecule has 0 aromatic carbocycles. The van der Waals surface area contributed by atoms with Crippen molar-refractivity contribution in [3.8, 4) is 0 Å². The van der Waals surface area contributed by atoms with Crippen molar-refractivity contribution in [2.75, 3.05) is 194 Å². The highest BCUT2D eigenvalue weighted by Gasteiger charge is 2.62. The predicted octanol–water partition coefficient (Wildman–Crippen LogP) is -2.83. The normalized spacial score (nSPS) is 44.4. The molecule has 21 aliphatic rings. The summed E-state index contributed by atoms with van der Waals surface area (Å²) >= 11 is 0. The third kappa shape index (κ3) is 20.3. The first-order valence-corrected chi connectivity index (χ1v) is 37.3. The predicted molar refractivity (Wildman–Crippen MR) is 347 cm³/mol. The minimum atomic E-state index is -4.18. The summed E-state index contributed by atoms with van der Waals surface area (Å²) in [6.07, 6.45) is -40.5. The van der Waals surface area contributed by atoms with Gasteiger partial charge in [-0.2, -0.15) is 16.8 Å². The lowest BCUT2D eigenvalue weighted by Crippen LogP contribution is -2.69. The topological polar surface area (TPSA) is 391 Å². The molecule has 610 valence electrons. The van der Waals surface area contributed by atoms with Crippen molar-refractivity contribution in [1.82, 2.24) is 0 Å². The molecular weight excluding hydrogens is 1440 g/mol. The average molecular weight is 1560 g/mol. The van der Waals surface area contributed by atoms with Crippen LogP contribution >= 0.6 is 0 Å². The molecule has 0 radical (unpaired) electrons. The smallest absolute Gasteiger partial charge is 0.264 e. The second-order valence-electron chi connectivity index (χ2n) is 25.6. The molecule has 21 saturated heterocycles. The highest BCUT2D eigenvalue weighted by atomic mass is 32.2. The van der Waals surface area contributed by atoms with Crippen LogP contribution in [0.5, 0.6) is 0 Å². The summed E-state index contributed by atoms with van der Waals surface area (Å²) in [5, 5.41) is 0. The zero-order valence-electron chi connectivity index (χ0n) is 62.9. The van der Waals surface area contributed by atoms with Gasteiger partial charge < -0.3 is 156 Å². The summed E-state index contributed by atoms with van der Waals surface area (Å²) in [5.74, 6) is 0. The summed E-state index contributed by atoms with van der Waals surface area (Å²) in [4.78, 5) is 0. The van der Waals surface area contributed by atoms with Gasteiger partial charge in [0, 0.05) is 135 Å². The van der Waals surface area contributed by atoms with E-state index in [0.29, 0.717) is 0 Å². The second-order valence-corrected chi connectivity index (χ2v) is 28.9. The van der Waals surface area contributed by atoms with Crippen LogP contribution in [0.2, 0.25) is 0 Å². The van der Waals surface area contributed by atoms with Gasteiger partial charge in [-0.25, -0.2) is 0 Å². The van der Waals surface area contributed by atoms with Crippen molar-refractivity contribution in [3.05, 3.63) is 0 Å². The molecule has 0 aromatic rings. The lowest BCUT2D eigenvalue weighted by molar-refractivity contribution is -0.402. The third-order valence-electron chi connectivity index (χ3n) is 19.5. The number of rotatable bonds is 30. The van der Waals surface area contributed by atoms with Crippen LogP contribution in [0.25, 0.3) is 0 Å². The Balaban J connectivity index is 1.27. The molecule has 39 nitrogen and oxygen atoms in total. The van der Waals surface area contributed by atoms with Gasteiger partial charge in [-0.15, -0.1) is 0 Å². The Hall–Kier alpha value is -1.50. The van der Waals surface area contributed by atoms with Gasteiger partial charge in [0.2, 0.25) is 0 Å². The lowest BCUT2D eigenvalue weighted by Gasteiger charge is -2.52. The summed E-state index contributed by atoms with van der Waals surface area (Å²) in [7, 11) is 18.7. The van der Waals surface area contributed by atoms with Gasteiger partial charge in [0.1, 0.15) is 171 Å². The Kier molecular flexibility index (Phi) is 35.0. The van der Waals surface area contributed by atoms with Gasteiger partial charge in [0.25, 0.3) is 20.2 Å². The fraction of sp³-hybridized carbons (Fsp3) is 1.00. The molecule has 0 N–H and O–H groups in total. The SMILES string of the molecule is COC[C@H]1O[C@@H]2O[C@H]3[C@H](OC)[C@@H](OC)[C@@H](O[C@H]4[C@H](OC)[C@@H](OC)[C@@H](O[C@H]5[C@H](OC)[C@@H](OC)[C@@H](O[C@H]6[C@H](OC)[C@@H](OC)[C@@H](O[C@H]7[C@H](OC)[C@@H](OC)[C@@H](O[C@H]8[C@@H](OC)[C@H](OC)[C@@H](O[C@H]1[C@H](OC)[C@@H]2OC)O[C@@H]8COC)O[C@@H]7COS(C)(=O)=O)O[C@@H]6COC)O[C@@H]5COC)O[C@@H]4COC)O[C@@H]3COS(C)(=O)=O. The molecule has 41 heteroatoms. The van der Waals surface area contributed by atoms with E-state index in [1.165, 1.54) is 135 Å². The molecule has 104 heavy (non-hydrogen) atoms.